The minimum absolute atomic E-state index is 0.720. The van der Waals surface area contributed by atoms with E-state index in [4.69, 9.17) is 9.47 Å². The zero-order valence-electron chi connectivity index (χ0n) is 17.7. The van der Waals surface area contributed by atoms with Gasteiger partial charge in [0.1, 0.15) is 0 Å². The maximum atomic E-state index is 5.47. The molecule has 2 aliphatic heterocycles. The molecule has 3 rings (SSSR count). The summed E-state index contributed by atoms with van der Waals surface area (Å²) in [4.78, 5) is 9.42. The van der Waals surface area contributed by atoms with E-state index in [0.717, 1.165) is 68.4 Å². The Morgan fingerprint density at radius 3 is 2.64 bits per heavy atom. The average Bonchev–Trinajstić information content (AvgIpc) is 2.75. The first kappa shape index (κ1) is 21.1. The van der Waals surface area contributed by atoms with Gasteiger partial charge >= 0.3 is 0 Å². The number of thioether (sulfide) groups is 1. The molecule has 0 saturated carbocycles. The summed E-state index contributed by atoms with van der Waals surface area (Å²) in [7, 11) is 5.28. The van der Waals surface area contributed by atoms with Gasteiger partial charge in [-0.15, -0.1) is 0 Å². The summed E-state index contributed by atoms with van der Waals surface area (Å²) >= 11 is 2.09. The number of nitrogens with zero attached hydrogens (tertiary/aromatic N) is 3. The van der Waals surface area contributed by atoms with Gasteiger partial charge in [-0.25, -0.2) is 0 Å². The lowest BCUT2D eigenvalue weighted by Crippen LogP contribution is -2.49. The lowest BCUT2D eigenvalue weighted by Gasteiger charge is -2.35. The predicted octanol–water partition coefficient (Wildman–Crippen LogP) is 2.46. The van der Waals surface area contributed by atoms with Crippen LogP contribution in [-0.4, -0.2) is 80.8 Å². The first-order valence-corrected chi connectivity index (χ1v) is 11.3. The summed E-state index contributed by atoms with van der Waals surface area (Å²) in [5.41, 5.74) is 2.71. The van der Waals surface area contributed by atoms with Crippen LogP contribution in [-0.2, 0) is 13.0 Å². The highest BCUT2D eigenvalue weighted by atomic mass is 32.2. The molecule has 1 N–H and O–H groups in total. The number of aliphatic imine (C=N–C) groups is 1. The van der Waals surface area contributed by atoms with E-state index in [1.807, 2.05) is 7.05 Å². The second kappa shape index (κ2) is 10.3. The zero-order chi connectivity index (χ0) is 19.9. The summed E-state index contributed by atoms with van der Waals surface area (Å²) in [5, 5.41) is 4.30. The Balaban J connectivity index is 1.52. The van der Waals surface area contributed by atoms with Crippen molar-refractivity contribution in [3.8, 4) is 11.5 Å². The van der Waals surface area contributed by atoms with Crippen LogP contribution in [0.2, 0.25) is 0 Å². The van der Waals surface area contributed by atoms with E-state index in [2.05, 4.69) is 50.9 Å². The predicted molar refractivity (Wildman–Crippen MR) is 118 cm³/mol. The van der Waals surface area contributed by atoms with Crippen LogP contribution in [0.1, 0.15) is 24.5 Å². The molecule has 0 bridgehead atoms. The fourth-order valence-electron chi connectivity index (χ4n) is 3.95. The van der Waals surface area contributed by atoms with Gasteiger partial charge in [0, 0.05) is 57.3 Å². The molecule has 1 fully saturated rings. The van der Waals surface area contributed by atoms with Crippen molar-refractivity contribution in [2.75, 3.05) is 59.7 Å². The van der Waals surface area contributed by atoms with Gasteiger partial charge in [-0.2, -0.15) is 11.8 Å². The number of hydrogen-bond acceptors (Lipinski definition) is 5. The zero-order valence-corrected chi connectivity index (χ0v) is 18.5. The van der Waals surface area contributed by atoms with Crippen molar-refractivity contribution in [3.63, 3.8) is 0 Å². The maximum Gasteiger partial charge on any atom is 0.193 e. The van der Waals surface area contributed by atoms with Gasteiger partial charge in [-0.3, -0.25) is 9.89 Å². The van der Waals surface area contributed by atoms with E-state index in [1.54, 1.807) is 14.2 Å². The Labute approximate surface area is 173 Å². The molecule has 1 saturated heterocycles. The average molecular weight is 407 g/mol. The number of fused-ring (bicyclic) bond motifs is 1. The highest BCUT2D eigenvalue weighted by Crippen LogP contribution is 2.33. The SMILES string of the molecule is CCC1CN(C(=NC)NCCN2CCc3cc(OC)c(OC)cc3C2)CCS1. The van der Waals surface area contributed by atoms with Crippen molar-refractivity contribution in [1.29, 1.82) is 0 Å². The smallest absolute Gasteiger partial charge is 0.193 e. The monoisotopic (exact) mass is 406 g/mol. The van der Waals surface area contributed by atoms with Crippen LogP contribution in [0, 0.1) is 0 Å². The van der Waals surface area contributed by atoms with Gasteiger partial charge in [0.2, 0.25) is 0 Å². The molecule has 156 valence electrons. The van der Waals surface area contributed by atoms with Gasteiger partial charge in [-0.1, -0.05) is 6.92 Å². The van der Waals surface area contributed by atoms with Gasteiger partial charge in [0.05, 0.1) is 14.2 Å². The van der Waals surface area contributed by atoms with Crippen LogP contribution >= 0.6 is 11.8 Å². The first-order valence-electron chi connectivity index (χ1n) is 10.2. The summed E-state index contributed by atoms with van der Waals surface area (Å²) in [6.45, 7) is 8.40. The van der Waals surface area contributed by atoms with Crippen molar-refractivity contribution in [1.82, 2.24) is 15.1 Å². The van der Waals surface area contributed by atoms with E-state index in [1.165, 1.54) is 23.3 Å². The van der Waals surface area contributed by atoms with Crippen molar-refractivity contribution in [2.45, 2.75) is 31.6 Å². The highest BCUT2D eigenvalue weighted by Gasteiger charge is 2.22. The minimum Gasteiger partial charge on any atom is -0.493 e. The molecule has 0 aromatic heterocycles. The van der Waals surface area contributed by atoms with Crippen molar-refractivity contribution < 1.29 is 9.47 Å². The number of hydrogen-bond donors (Lipinski definition) is 1. The lowest BCUT2D eigenvalue weighted by atomic mass is 9.99. The molecule has 6 nitrogen and oxygen atoms in total. The summed E-state index contributed by atoms with van der Waals surface area (Å²) in [5.74, 6) is 3.87. The molecule has 7 heteroatoms. The molecule has 2 aliphatic rings. The normalized spacial score (nSPS) is 20.6. The van der Waals surface area contributed by atoms with Gasteiger partial charge in [-0.05, 0) is 36.1 Å². The molecule has 2 heterocycles. The van der Waals surface area contributed by atoms with Crippen LogP contribution in [0.15, 0.2) is 17.1 Å². The molecular formula is C21H34N4O2S. The fourth-order valence-corrected chi connectivity index (χ4v) is 5.13. The topological polar surface area (TPSA) is 49.3 Å². The Morgan fingerprint density at radius 2 is 1.96 bits per heavy atom. The second-order valence-corrected chi connectivity index (χ2v) is 8.73. The molecule has 1 unspecified atom stereocenters. The van der Waals surface area contributed by atoms with E-state index in [-0.39, 0.29) is 0 Å². The van der Waals surface area contributed by atoms with Crippen LogP contribution in [0.25, 0.3) is 0 Å². The Morgan fingerprint density at radius 1 is 1.21 bits per heavy atom. The molecule has 28 heavy (non-hydrogen) atoms. The first-order chi connectivity index (χ1) is 13.7. The fraction of sp³-hybridized carbons (Fsp3) is 0.667. The van der Waals surface area contributed by atoms with Crippen LogP contribution < -0.4 is 14.8 Å². The third-order valence-corrected chi connectivity index (χ3v) is 6.99. The van der Waals surface area contributed by atoms with Crippen molar-refractivity contribution >= 4 is 17.7 Å². The molecule has 1 atom stereocenters. The summed E-state index contributed by atoms with van der Waals surface area (Å²) in [6, 6.07) is 4.26. The van der Waals surface area contributed by atoms with Gasteiger partial charge < -0.3 is 19.7 Å². The molecule has 1 aromatic carbocycles. The molecular weight excluding hydrogens is 372 g/mol. The number of guanidine groups is 1. The standard InChI is InChI=1S/C21H34N4O2S/c1-5-18-15-25(10-11-28-18)21(22-2)23-7-9-24-8-6-16-12-19(26-3)20(27-4)13-17(16)14-24/h12-13,18H,5-11,14-15H2,1-4H3,(H,22,23). The number of ether oxygens (including phenoxy) is 2. The van der Waals surface area contributed by atoms with Gasteiger partial charge in [0.25, 0.3) is 0 Å². The Hall–Kier alpha value is -1.60. The third-order valence-electron chi connectivity index (χ3n) is 5.61. The van der Waals surface area contributed by atoms with Gasteiger partial charge in [0.15, 0.2) is 17.5 Å². The van der Waals surface area contributed by atoms with E-state index in [9.17, 15) is 0 Å². The number of methoxy groups -OCH3 is 2. The van der Waals surface area contributed by atoms with Crippen molar-refractivity contribution in [3.05, 3.63) is 23.3 Å². The molecule has 0 amide bonds. The van der Waals surface area contributed by atoms with Crippen molar-refractivity contribution in [2.24, 2.45) is 4.99 Å². The molecule has 0 spiro atoms. The summed E-state index contributed by atoms with van der Waals surface area (Å²) < 4.78 is 10.9. The minimum atomic E-state index is 0.720. The van der Waals surface area contributed by atoms with E-state index >= 15 is 0 Å². The number of nitrogens with one attached hydrogen (secondary N) is 1. The lowest BCUT2D eigenvalue weighted by molar-refractivity contribution is 0.255. The van der Waals surface area contributed by atoms with E-state index in [0.29, 0.717) is 0 Å². The molecule has 0 aliphatic carbocycles. The Kier molecular flexibility index (Phi) is 7.73. The third kappa shape index (κ3) is 5.06. The molecule has 1 aromatic rings. The number of rotatable bonds is 6. The maximum absolute atomic E-state index is 5.47. The Bertz CT molecular complexity index is 683. The largest absolute Gasteiger partial charge is 0.493 e. The second-order valence-electron chi connectivity index (χ2n) is 7.32. The van der Waals surface area contributed by atoms with Crippen LogP contribution in [0.3, 0.4) is 0 Å². The summed E-state index contributed by atoms with van der Waals surface area (Å²) in [6.07, 6.45) is 2.27. The van der Waals surface area contributed by atoms with Crippen LogP contribution in [0.4, 0.5) is 0 Å². The number of benzene rings is 1. The van der Waals surface area contributed by atoms with E-state index < -0.39 is 0 Å². The quantitative estimate of drug-likeness (QED) is 0.579. The highest BCUT2D eigenvalue weighted by molar-refractivity contribution is 8.00. The molecule has 0 radical (unpaired) electrons. The van der Waals surface area contributed by atoms with Crippen LogP contribution in [0.5, 0.6) is 11.5 Å².